The Bertz CT molecular complexity index is 1400. The minimum Gasteiger partial charge on any atom is -0.327 e. The molecule has 0 aliphatic rings. The highest BCUT2D eigenvalue weighted by molar-refractivity contribution is 7.89. The van der Waals surface area contributed by atoms with E-state index in [9.17, 15) is 13.2 Å². The first-order chi connectivity index (χ1) is 15.4. The van der Waals surface area contributed by atoms with Gasteiger partial charge in [-0.15, -0.1) is 0 Å². The molecule has 0 fully saturated rings. The van der Waals surface area contributed by atoms with Gasteiger partial charge in [0, 0.05) is 24.4 Å². The maximum atomic E-state index is 12.3. The normalized spacial score (nSPS) is 11.8. The van der Waals surface area contributed by atoms with Crippen LogP contribution in [0.2, 0.25) is 0 Å². The molecule has 1 aromatic heterocycles. The van der Waals surface area contributed by atoms with Crippen LogP contribution in [-0.2, 0) is 21.9 Å². The molecule has 7 nitrogen and oxygen atoms in total. The molecule has 0 bridgehead atoms. The zero-order valence-corrected chi connectivity index (χ0v) is 18.4. The smallest absolute Gasteiger partial charge is 0.248 e. The summed E-state index contributed by atoms with van der Waals surface area (Å²) in [6.45, 7) is 0. The highest BCUT2D eigenvalue weighted by Crippen LogP contribution is 2.24. The summed E-state index contributed by atoms with van der Waals surface area (Å²) in [5.74, 6) is 0.570. The van der Waals surface area contributed by atoms with E-state index in [4.69, 9.17) is 0 Å². The molecule has 0 aliphatic carbocycles. The number of carbonyl (C=O) groups is 1. The third-order valence-corrected chi connectivity index (χ3v) is 6.51. The average molecular weight is 447 g/mol. The largest absolute Gasteiger partial charge is 0.327 e. The van der Waals surface area contributed by atoms with Crippen LogP contribution >= 0.6 is 0 Å². The lowest BCUT2D eigenvalue weighted by molar-refractivity contribution is -0.111. The minimum absolute atomic E-state index is 0.169. The first kappa shape index (κ1) is 21.5. The second-order valence-corrected chi connectivity index (χ2v) is 9.05. The third kappa shape index (κ3) is 4.46. The van der Waals surface area contributed by atoms with Gasteiger partial charge in [0.2, 0.25) is 15.9 Å². The summed E-state index contributed by atoms with van der Waals surface area (Å²) in [5, 5.41) is 2.82. The molecular weight excluding hydrogens is 424 g/mol. The summed E-state index contributed by atoms with van der Waals surface area (Å²) in [4.78, 5) is 17.1. The summed E-state index contributed by atoms with van der Waals surface area (Å²) >= 11 is 0. The minimum atomic E-state index is -3.48. The van der Waals surface area contributed by atoms with E-state index in [1.54, 1.807) is 18.2 Å². The fourth-order valence-corrected chi connectivity index (χ4v) is 4.07. The van der Waals surface area contributed by atoms with Crippen LogP contribution in [0.1, 0.15) is 5.56 Å². The standard InChI is InChI=1S/C24H22N4O3S/c1-25-32(30,31)20-14-7-17(8-15-20)9-16-23(29)26-19-12-10-18(11-13-19)24-27-21-5-3-4-6-22(21)28(24)2/h3-16,25H,1-2H3,(H,26,29)/b16-9+. The number of anilines is 1. The first-order valence-electron chi connectivity index (χ1n) is 9.92. The van der Waals surface area contributed by atoms with Crippen LogP contribution in [-0.4, -0.2) is 30.9 Å². The van der Waals surface area contributed by atoms with Crippen molar-refractivity contribution in [3.63, 3.8) is 0 Å². The number of sulfonamides is 1. The van der Waals surface area contributed by atoms with Crippen molar-refractivity contribution >= 4 is 38.7 Å². The van der Waals surface area contributed by atoms with Gasteiger partial charge in [0.15, 0.2) is 0 Å². The Labute approximate surface area is 186 Å². The van der Waals surface area contributed by atoms with Crippen LogP contribution < -0.4 is 10.0 Å². The summed E-state index contributed by atoms with van der Waals surface area (Å²) in [6.07, 6.45) is 3.03. The van der Waals surface area contributed by atoms with Gasteiger partial charge in [-0.2, -0.15) is 0 Å². The zero-order chi connectivity index (χ0) is 22.7. The molecule has 0 aliphatic heterocycles. The van der Waals surface area contributed by atoms with Gasteiger partial charge in [-0.25, -0.2) is 18.1 Å². The van der Waals surface area contributed by atoms with Crippen molar-refractivity contribution in [3.8, 4) is 11.4 Å². The van der Waals surface area contributed by atoms with Crippen molar-refractivity contribution in [1.29, 1.82) is 0 Å². The predicted molar refractivity (Wildman–Crippen MR) is 127 cm³/mol. The Morgan fingerprint density at radius 1 is 0.969 bits per heavy atom. The Hall–Kier alpha value is -3.75. The number of nitrogens with one attached hydrogen (secondary N) is 2. The molecule has 0 unspecified atom stereocenters. The highest BCUT2D eigenvalue weighted by Gasteiger charge is 2.11. The molecule has 4 aromatic rings. The molecule has 1 heterocycles. The fourth-order valence-electron chi connectivity index (χ4n) is 3.34. The summed E-state index contributed by atoms with van der Waals surface area (Å²) in [6, 6.07) is 21.7. The van der Waals surface area contributed by atoms with E-state index in [1.165, 1.54) is 25.3 Å². The first-order valence-corrected chi connectivity index (χ1v) is 11.4. The third-order valence-electron chi connectivity index (χ3n) is 5.08. The molecule has 2 N–H and O–H groups in total. The Morgan fingerprint density at radius 3 is 2.31 bits per heavy atom. The molecule has 3 aromatic carbocycles. The van der Waals surface area contributed by atoms with Crippen molar-refractivity contribution in [2.45, 2.75) is 4.90 Å². The Kier molecular flexibility index (Phi) is 5.89. The van der Waals surface area contributed by atoms with Crippen LogP contribution in [0.5, 0.6) is 0 Å². The van der Waals surface area contributed by atoms with Gasteiger partial charge < -0.3 is 9.88 Å². The lowest BCUT2D eigenvalue weighted by Gasteiger charge is -2.06. The topological polar surface area (TPSA) is 93.1 Å². The monoisotopic (exact) mass is 446 g/mol. The van der Waals surface area contributed by atoms with Crippen molar-refractivity contribution in [3.05, 3.63) is 84.4 Å². The number of aryl methyl sites for hydroxylation is 1. The molecule has 1 amide bonds. The predicted octanol–water partition coefficient (Wildman–Crippen LogP) is 3.80. The quantitative estimate of drug-likeness (QED) is 0.441. The summed E-state index contributed by atoms with van der Waals surface area (Å²) in [7, 11) is -0.143. The molecule has 4 rings (SSSR count). The van der Waals surface area contributed by atoms with E-state index < -0.39 is 10.0 Å². The number of aromatic nitrogens is 2. The summed E-state index contributed by atoms with van der Waals surface area (Å²) < 4.78 is 27.8. The van der Waals surface area contributed by atoms with E-state index in [1.807, 2.05) is 60.1 Å². The Balaban J connectivity index is 1.43. The molecule has 32 heavy (non-hydrogen) atoms. The molecule has 0 radical (unpaired) electrons. The second kappa shape index (κ2) is 8.78. The van der Waals surface area contributed by atoms with Crippen LogP contribution in [0.3, 0.4) is 0 Å². The van der Waals surface area contributed by atoms with Gasteiger partial charge in [-0.3, -0.25) is 4.79 Å². The van der Waals surface area contributed by atoms with Crippen molar-refractivity contribution in [2.24, 2.45) is 7.05 Å². The highest BCUT2D eigenvalue weighted by atomic mass is 32.2. The molecule has 162 valence electrons. The number of imidazole rings is 1. The van der Waals surface area contributed by atoms with Crippen LogP contribution in [0.15, 0.2) is 83.8 Å². The lowest BCUT2D eigenvalue weighted by atomic mass is 10.2. The molecular formula is C24H22N4O3S. The lowest BCUT2D eigenvalue weighted by Crippen LogP contribution is -2.18. The molecule has 0 saturated carbocycles. The van der Waals surface area contributed by atoms with Gasteiger partial charge in [-0.1, -0.05) is 24.3 Å². The van der Waals surface area contributed by atoms with E-state index in [-0.39, 0.29) is 10.8 Å². The van der Waals surface area contributed by atoms with Gasteiger partial charge in [0.1, 0.15) is 5.82 Å². The summed E-state index contributed by atoms with van der Waals surface area (Å²) in [5.41, 5.74) is 4.32. The van der Waals surface area contributed by atoms with E-state index in [2.05, 4.69) is 15.0 Å². The van der Waals surface area contributed by atoms with Crippen LogP contribution in [0, 0.1) is 0 Å². The second-order valence-electron chi connectivity index (χ2n) is 7.16. The number of carbonyl (C=O) groups excluding carboxylic acids is 1. The van der Waals surface area contributed by atoms with Crippen molar-refractivity contribution < 1.29 is 13.2 Å². The number of benzene rings is 3. The molecule has 0 atom stereocenters. The van der Waals surface area contributed by atoms with Gasteiger partial charge in [0.25, 0.3) is 0 Å². The number of amides is 1. The number of para-hydroxylation sites is 2. The Morgan fingerprint density at radius 2 is 1.66 bits per heavy atom. The van der Waals surface area contributed by atoms with Gasteiger partial charge >= 0.3 is 0 Å². The number of fused-ring (bicyclic) bond motifs is 1. The van der Waals surface area contributed by atoms with Crippen molar-refractivity contribution in [1.82, 2.24) is 14.3 Å². The van der Waals surface area contributed by atoms with Crippen molar-refractivity contribution in [2.75, 3.05) is 12.4 Å². The van der Waals surface area contributed by atoms with E-state index >= 15 is 0 Å². The number of nitrogens with zero attached hydrogens (tertiary/aromatic N) is 2. The number of rotatable bonds is 6. The molecule has 0 spiro atoms. The van der Waals surface area contributed by atoms with Crippen LogP contribution in [0.4, 0.5) is 5.69 Å². The number of hydrogen-bond acceptors (Lipinski definition) is 4. The maximum Gasteiger partial charge on any atom is 0.248 e. The average Bonchev–Trinajstić information content (AvgIpc) is 3.15. The fraction of sp³-hybridized carbons (Fsp3) is 0.0833. The molecule has 8 heteroatoms. The van der Waals surface area contributed by atoms with Gasteiger partial charge in [-0.05, 0) is 67.2 Å². The van der Waals surface area contributed by atoms with Crippen LogP contribution in [0.25, 0.3) is 28.5 Å². The maximum absolute atomic E-state index is 12.3. The van der Waals surface area contributed by atoms with E-state index in [0.29, 0.717) is 11.3 Å². The van der Waals surface area contributed by atoms with Gasteiger partial charge in [0.05, 0.1) is 15.9 Å². The number of hydrogen-bond donors (Lipinski definition) is 2. The zero-order valence-electron chi connectivity index (χ0n) is 17.6. The SMILES string of the molecule is CNS(=O)(=O)c1ccc(/C=C/C(=O)Nc2ccc(-c3nc4ccccc4n3C)cc2)cc1. The van der Waals surface area contributed by atoms with E-state index in [0.717, 1.165) is 22.4 Å². The molecule has 0 saturated heterocycles.